The number of carbonyl (C=O) groups is 1. The normalized spacial score (nSPS) is 17.0. The van der Waals surface area contributed by atoms with E-state index < -0.39 is 5.97 Å². The number of rotatable bonds is 4. The van der Waals surface area contributed by atoms with E-state index in [1.165, 1.54) is 0 Å². The fourth-order valence-electron chi connectivity index (χ4n) is 2.11. The van der Waals surface area contributed by atoms with Crippen LogP contribution in [-0.2, 0) is 29.5 Å². The third kappa shape index (κ3) is 2.88. The summed E-state index contributed by atoms with van der Waals surface area (Å²) in [5.74, 6) is 0.0831. The van der Waals surface area contributed by atoms with Crippen molar-refractivity contribution in [2.75, 3.05) is 26.3 Å². The van der Waals surface area contributed by atoms with Crippen LogP contribution in [0.25, 0.3) is 0 Å². The van der Waals surface area contributed by atoms with Crippen LogP contribution in [0.1, 0.15) is 17.2 Å². The van der Waals surface area contributed by atoms with Crippen LogP contribution in [0.15, 0.2) is 0 Å². The maximum absolute atomic E-state index is 10.8. The molecule has 0 atom stereocenters. The molecule has 6 heteroatoms. The molecule has 0 saturated carbocycles. The molecule has 1 N–H and O–H groups in total. The van der Waals surface area contributed by atoms with Crippen molar-refractivity contribution < 1.29 is 14.6 Å². The number of hydrogen-bond donors (Lipinski definition) is 1. The second-order valence-electron chi connectivity index (χ2n) is 4.58. The molecular formula is C12H19N3O3. The van der Waals surface area contributed by atoms with E-state index in [0.717, 1.165) is 44.4 Å². The second-order valence-corrected chi connectivity index (χ2v) is 4.58. The van der Waals surface area contributed by atoms with Gasteiger partial charge in [0.1, 0.15) is 5.82 Å². The van der Waals surface area contributed by atoms with Gasteiger partial charge in [-0.25, -0.2) is 4.98 Å². The Hall–Kier alpha value is -1.40. The van der Waals surface area contributed by atoms with Crippen molar-refractivity contribution in [1.82, 2.24) is 14.5 Å². The molecule has 2 heterocycles. The largest absolute Gasteiger partial charge is 0.481 e. The highest BCUT2D eigenvalue weighted by molar-refractivity contribution is 5.69. The lowest BCUT2D eigenvalue weighted by Crippen LogP contribution is -2.36. The van der Waals surface area contributed by atoms with Gasteiger partial charge in [-0.05, 0) is 6.92 Å². The van der Waals surface area contributed by atoms with Gasteiger partial charge in [0.2, 0.25) is 0 Å². The molecule has 2 rings (SSSR count). The summed E-state index contributed by atoms with van der Waals surface area (Å²) in [6.45, 7) is 5.98. The van der Waals surface area contributed by atoms with E-state index in [1.54, 1.807) is 0 Å². The van der Waals surface area contributed by atoms with Crippen LogP contribution in [0.2, 0.25) is 0 Å². The SMILES string of the molecule is Cc1c(CC(=O)O)nc(CN2CCOCC2)n1C. The quantitative estimate of drug-likeness (QED) is 0.829. The molecule has 1 saturated heterocycles. The van der Waals surface area contributed by atoms with Crippen molar-refractivity contribution in [2.24, 2.45) is 7.05 Å². The molecular weight excluding hydrogens is 234 g/mol. The van der Waals surface area contributed by atoms with Gasteiger partial charge in [0.05, 0.1) is 31.9 Å². The predicted molar refractivity (Wildman–Crippen MR) is 65.4 cm³/mol. The summed E-state index contributed by atoms with van der Waals surface area (Å²) in [6, 6.07) is 0. The molecule has 1 aromatic rings. The van der Waals surface area contributed by atoms with E-state index in [0.29, 0.717) is 5.69 Å². The summed E-state index contributed by atoms with van der Waals surface area (Å²) in [5, 5.41) is 8.84. The van der Waals surface area contributed by atoms with Crippen molar-refractivity contribution in [1.29, 1.82) is 0 Å². The Kier molecular flexibility index (Phi) is 3.98. The maximum atomic E-state index is 10.8. The van der Waals surface area contributed by atoms with E-state index in [9.17, 15) is 4.79 Å². The fourth-order valence-corrected chi connectivity index (χ4v) is 2.11. The topological polar surface area (TPSA) is 67.6 Å². The number of carboxylic acid groups (broad SMARTS) is 1. The van der Waals surface area contributed by atoms with E-state index in [2.05, 4.69) is 9.88 Å². The van der Waals surface area contributed by atoms with Crippen LogP contribution < -0.4 is 0 Å². The molecule has 18 heavy (non-hydrogen) atoms. The lowest BCUT2D eigenvalue weighted by Gasteiger charge is -2.26. The first-order chi connectivity index (χ1) is 8.58. The Morgan fingerprint density at radius 2 is 2.11 bits per heavy atom. The van der Waals surface area contributed by atoms with Gasteiger partial charge in [0.25, 0.3) is 0 Å². The summed E-state index contributed by atoms with van der Waals surface area (Å²) >= 11 is 0. The maximum Gasteiger partial charge on any atom is 0.309 e. The Labute approximate surface area is 106 Å². The highest BCUT2D eigenvalue weighted by Gasteiger charge is 2.17. The van der Waals surface area contributed by atoms with Gasteiger partial charge >= 0.3 is 5.97 Å². The minimum Gasteiger partial charge on any atom is -0.481 e. The monoisotopic (exact) mass is 253 g/mol. The van der Waals surface area contributed by atoms with Crippen LogP contribution in [0, 0.1) is 6.92 Å². The van der Waals surface area contributed by atoms with Crippen LogP contribution in [0.5, 0.6) is 0 Å². The number of aliphatic carboxylic acids is 1. The summed E-state index contributed by atoms with van der Waals surface area (Å²) < 4.78 is 7.28. The average Bonchev–Trinajstić information content (AvgIpc) is 2.58. The first-order valence-corrected chi connectivity index (χ1v) is 6.11. The van der Waals surface area contributed by atoms with Crippen molar-refractivity contribution in [3.05, 3.63) is 17.2 Å². The third-order valence-electron chi connectivity index (χ3n) is 3.36. The molecule has 1 fully saturated rings. The van der Waals surface area contributed by atoms with E-state index in [4.69, 9.17) is 9.84 Å². The molecule has 0 aliphatic carbocycles. The fraction of sp³-hybridized carbons (Fsp3) is 0.667. The lowest BCUT2D eigenvalue weighted by atomic mass is 10.2. The molecule has 1 aliphatic heterocycles. The average molecular weight is 253 g/mol. The van der Waals surface area contributed by atoms with Gasteiger partial charge in [-0.3, -0.25) is 9.69 Å². The summed E-state index contributed by atoms with van der Waals surface area (Å²) in [5.41, 5.74) is 1.59. The van der Waals surface area contributed by atoms with Crippen molar-refractivity contribution >= 4 is 5.97 Å². The molecule has 0 bridgehead atoms. The lowest BCUT2D eigenvalue weighted by molar-refractivity contribution is -0.136. The number of aromatic nitrogens is 2. The van der Waals surface area contributed by atoms with E-state index in [1.807, 2.05) is 18.5 Å². The van der Waals surface area contributed by atoms with Gasteiger partial charge in [-0.15, -0.1) is 0 Å². The minimum atomic E-state index is -0.839. The number of carboxylic acids is 1. The van der Waals surface area contributed by atoms with E-state index >= 15 is 0 Å². The molecule has 6 nitrogen and oxygen atoms in total. The molecule has 0 unspecified atom stereocenters. The van der Waals surface area contributed by atoms with E-state index in [-0.39, 0.29) is 6.42 Å². The van der Waals surface area contributed by atoms with Gasteiger partial charge in [0.15, 0.2) is 0 Å². The van der Waals surface area contributed by atoms with Crippen LogP contribution >= 0.6 is 0 Å². The zero-order chi connectivity index (χ0) is 13.1. The Bertz CT molecular complexity index is 436. The summed E-state index contributed by atoms with van der Waals surface area (Å²) in [7, 11) is 1.93. The summed E-state index contributed by atoms with van der Waals surface area (Å²) in [6.07, 6.45) is -0.0111. The van der Waals surface area contributed by atoms with Crippen molar-refractivity contribution in [3.63, 3.8) is 0 Å². The number of ether oxygens (including phenoxy) is 1. The van der Waals surface area contributed by atoms with Gasteiger partial charge < -0.3 is 14.4 Å². The molecule has 100 valence electrons. The van der Waals surface area contributed by atoms with Crippen LogP contribution in [0.4, 0.5) is 0 Å². The third-order valence-corrected chi connectivity index (χ3v) is 3.36. The molecule has 1 aliphatic rings. The van der Waals surface area contributed by atoms with Gasteiger partial charge in [0, 0.05) is 25.8 Å². The molecule has 0 spiro atoms. The predicted octanol–water partition coefficient (Wildman–Crippen LogP) is 0.188. The zero-order valence-corrected chi connectivity index (χ0v) is 10.8. The van der Waals surface area contributed by atoms with Crippen LogP contribution in [-0.4, -0.2) is 51.8 Å². The smallest absolute Gasteiger partial charge is 0.309 e. The molecule has 0 amide bonds. The second kappa shape index (κ2) is 5.49. The standard InChI is InChI=1S/C12H19N3O3/c1-9-10(7-12(16)17)13-11(14(9)2)8-15-3-5-18-6-4-15/h3-8H2,1-2H3,(H,16,17). The highest BCUT2D eigenvalue weighted by atomic mass is 16.5. The number of hydrogen-bond acceptors (Lipinski definition) is 4. The van der Waals surface area contributed by atoms with Gasteiger partial charge in [-0.1, -0.05) is 0 Å². The number of nitrogens with zero attached hydrogens (tertiary/aromatic N) is 3. The molecule has 1 aromatic heterocycles. The van der Waals surface area contributed by atoms with Crippen molar-refractivity contribution in [2.45, 2.75) is 19.9 Å². The number of imidazole rings is 1. The first kappa shape index (κ1) is 13.0. The molecule has 0 radical (unpaired) electrons. The first-order valence-electron chi connectivity index (χ1n) is 6.11. The highest BCUT2D eigenvalue weighted by Crippen LogP contribution is 2.13. The Morgan fingerprint density at radius 1 is 1.44 bits per heavy atom. The molecule has 0 aromatic carbocycles. The zero-order valence-electron chi connectivity index (χ0n) is 10.8. The summed E-state index contributed by atoms with van der Waals surface area (Å²) in [4.78, 5) is 17.5. The van der Waals surface area contributed by atoms with Crippen LogP contribution in [0.3, 0.4) is 0 Å². The Morgan fingerprint density at radius 3 is 2.72 bits per heavy atom. The Balaban J connectivity index is 2.10. The van der Waals surface area contributed by atoms with Crippen molar-refractivity contribution in [3.8, 4) is 0 Å². The number of morpholine rings is 1. The van der Waals surface area contributed by atoms with Gasteiger partial charge in [-0.2, -0.15) is 0 Å². The minimum absolute atomic E-state index is 0.0111.